The molecule has 0 amide bonds. The molecule has 1 saturated carbocycles. The number of rotatable bonds is 2. The van der Waals surface area contributed by atoms with Gasteiger partial charge in [-0.1, -0.05) is 0 Å². The van der Waals surface area contributed by atoms with Crippen molar-refractivity contribution in [2.24, 2.45) is 5.73 Å². The summed E-state index contributed by atoms with van der Waals surface area (Å²) in [5, 5.41) is 0. The van der Waals surface area contributed by atoms with Gasteiger partial charge in [0.1, 0.15) is 5.75 Å². The molecule has 0 saturated heterocycles. The van der Waals surface area contributed by atoms with Crippen molar-refractivity contribution in [2.45, 2.75) is 50.5 Å². The number of fused-ring (bicyclic) bond motifs is 1. The lowest BCUT2D eigenvalue weighted by Gasteiger charge is -2.40. The first-order valence-electron chi connectivity index (χ1n) is 6.72. The topological polar surface area (TPSA) is 35.2 Å². The van der Waals surface area contributed by atoms with Crippen LogP contribution in [0.2, 0.25) is 0 Å². The van der Waals surface area contributed by atoms with Crippen molar-refractivity contribution in [3.05, 3.63) is 28.8 Å². The predicted octanol–water partition coefficient (Wildman–Crippen LogP) is 2.91. The summed E-state index contributed by atoms with van der Waals surface area (Å²) < 4.78 is 5.55. The number of hydrogen-bond donors (Lipinski definition) is 1. The number of methoxy groups -OCH3 is 1. The van der Waals surface area contributed by atoms with E-state index in [1.54, 1.807) is 7.11 Å². The predicted molar refractivity (Wildman–Crippen MR) is 69.4 cm³/mol. The molecule has 0 unspecified atom stereocenters. The highest BCUT2D eigenvalue weighted by atomic mass is 16.5. The molecule has 1 aromatic carbocycles. The number of hydrogen-bond acceptors (Lipinski definition) is 2. The minimum absolute atomic E-state index is 0.113. The maximum atomic E-state index is 6.45. The lowest BCUT2D eigenvalue weighted by Crippen LogP contribution is -2.43. The van der Waals surface area contributed by atoms with Crippen LogP contribution in [-0.4, -0.2) is 7.11 Å². The van der Waals surface area contributed by atoms with E-state index in [9.17, 15) is 0 Å². The molecule has 1 fully saturated rings. The van der Waals surface area contributed by atoms with Crippen LogP contribution < -0.4 is 10.5 Å². The summed E-state index contributed by atoms with van der Waals surface area (Å²) in [7, 11) is 1.76. The first kappa shape index (κ1) is 11.1. The fourth-order valence-corrected chi connectivity index (χ4v) is 3.15. The number of nitrogens with two attached hydrogens (primary N) is 1. The Kier molecular flexibility index (Phi) is 2.62. The Morgan fingerprint density at radius 2 is 1.71 bits per heavy atom. The maximum Gasteiger partial charge on any atom is 0.124 e. The lowest BCUT2D eigenvalue weighted by atomic mass is 9.71. The number of benzene rings is 1. The van der Waals surface area contributed by atoms with Gasteiger partial charge in [0.15, 0.2) is 0 Å². The number of ether oxygens (including phenoxy) is 1. The summed E-state index contributed by atoms with van der Waals surface area (Å²) in [5.74, 6) is 1.01. The highest BCUT2D eigenvalue weighted by Crippen LogP contribution is 2.44. The quantitative estimate of drug-likeness (QED) is 0.849. The first-order valence-corrected chi connectivity index (χ1v) is 6.72. The molecule has 2 aliphatic rings. The van der Waals surface area contributed by atoms with Crippen LogP contribution in [0.3, 0.4) is 0 Å². The normalized spacial score (nSPS) is 21.5. The van der Waals surface area contributed by atoms with E-state index in [2.05, 4.69) is 12.1 Å². The first-order chi connectivity index (χ1) is 8.23. The van der Waals surface area contributed by atoms with Crippen LogP contribution in [0.1, 0.15) is 48.8 Å². The van der Waals surface area contributed by atoms with Crippen molar-refractivity contribution >= 4 is 0 Å². The Bertz CT molecular complexity index is 435. The van der Waals surface area contributed by atoms with Crippen molar-refractivity contribution in [2.75, 3.05) is 7.11 Å². The Hall–Kier alpha value is -1.02. The molecule has 0 atom stereocenters. The van der Waals surface area contributed by atoms with Crippen LogP contribution in [0.15, 0.2) is 12.1 Å². The highest BCUT2D eigenvalue weighted by molar-refractivity contribution is 5.48. The lowest BCUT2D eigenvalue weighted by molar-refractivity contribution is 0.243. The Labute approximate surface area is 103 Å². The van der Waals surface area contributed by atoms with Crippen LogP contribution in [0.5, 0.6) is 5.75 Å². The molecule has 0 aromatic heterocycles. The fraction of sp³-hybridized carbons (Fsp3) is 0.600. The molecular formula is C15H21NO. The molecule has 0 aliphatic heterocycles. The SMILES string of the molecule is COc1cc2c(cc1C1(N)CCC1)CCCC2. The smallest absolute Gasteiger partial charge is 0.124 e. The van der Waals surface area contributed by atoms with Gasteiger partial charge in [-0.25, -0.2) is 0 Å². The van der Waals surface area contributed by atoms with Gasteiger partial charge in [0.05, 0.1) is 7.11 Å². The molecule has 17 heavy (non-hydrogen) atoms. The minimum Gasteiger partial charge on any atom is -0.496 e. The molecular weight excluding hydrogens is 210 g/mol. The van der Waals surface area contributed by atoms with Crippen LogP contribution in [0.4, 0.5) is 0 Å². The van der Waals surface area contributed by atoms with Crippen LogP contribution >= 0.6 is 0 Å². The van der Waals surface area contributed by atoms with E-state index in [1.807, 2.05) is 0 Å². The van der Waals surface area contributed by atoms with E-state index in [0.717, 1.165) is 18.6 Å². The van der Waals surface area contributed by atoms with Gasteiger partial charge in [-0.3, -0.25) is 0 Å². The second-order valence-electron chi connectivity index (χ2n) is 5.54. The van der Waals surface area contributed by atoms with Crippen LogP contribution in [0, 0.1) is 0 Å². The van der Waals surface area contributed by atoms with Crippen molar-refractivity contribution in [1.82, 2.24) is 0 Å². The second-order valence-corrected chi connectivity index (χ2v) is 5.54. The third kappa shape index (κ3) is 1.75. The monoisotopic (exact) mass is 231 g/mol. The Morgan fingerprint density at radius 3 is 2.24 bits per heavy atom. The zero-order chi connectivity index (χ0) is 11.9. The number of aryl methyl sites for hydroxylation is 2. The third-order valence-electron chi connectivity index (χ3n) is 4.45. The van der Waals surface area contributed by atoms with Gasteiger partial charge in [0.25, 0.3) is 0 Å². The summed E-state index contributed by atoms with van der Waals surface area (Å²) in [6, 6.07) is 4.56. The standard InChI is InChI=1S/C15H21NO/c1-17-14-10-12-6-3-2-5-11(12)9-13(14)15(16)7-4-8-15/h9-10H,2-8,16H2,1H3. The van der Waals surface area contributed by atoms with Gasteiger partial charge in [-0.2, -0.15) is 0 Å². The van der Waals surface area contributed by atoms with Gasteiger partial charge in [-0.15, -0.1) is 0 Å². The van der Waals surface area contributed by atoms with Gasteiger partial charge in [0.2, 0.25) is 0 Å². The van der Waals surface area contributed by atoms with E-state index in [0.29, 0.717) is 0 Å². The van der Waals surface area contributed by atoms with Crippen molar-refractivity contribution in [3.63, 3.8) is 0 Å². The van der Waals surface area contributed by atoms with Crippen LogP contribution in [0.25, 0.3) is 0 Å². The largest absolute Gasteiger partial charge is 0.496 e. The summed E-state index contributed by atoms with van der Waals surface area (Å²) in [4.78, 5) is 0. The van der Waals surface area contributed by atoms with Crippen molar-refractivity contribution < 1.29 is 4.74 Å². The van der Waals surface area contributed by atoms with Gasteiger partial charge < -0.3 is 10.5 Å². The maximum absolute atomic E-state index is 6.45. The molecule has 0 heterocycles. The second kappa shape index (κ2) is 4.02. The molecule has 0 bridgehead atoms. The molecule has 1 aromatic rings. The van der Waals surface area contributed by atoms with Crippen molar-refractivity contribution in [3.8, 4) is 5.75 Å². The minimum atomic E-state index is -0.113. The van der Waals surface area contributed by atoms with Crippen LogP contribution in [-0.2, 0) is 18.4 Å². The zero-order valence-electron chi connectivity index (χ0n) is 10.6. The molecule has 92 valence electrons. The van der Waals surface area contributed by atoms with Gasteiger partial charge in [0, 0.05) is 11.1 Å². The average molecular weight is 231 g/mol. The van der Waals surface area contributed by atoms with E-state index < -0.39 is 0 Å². The Balaban J connectivity index is 2.07. The highest BCUT2D eigenvalue weighted by Gasteiger charge is 2.37. The van der Waals surface area contributed by atoms with Gasteiger partial charge >= 0.3 is 0 Å². The molecule has 0 radical (unpaired) electrons. The molecule has 2 N–H and O–H groups in total. The fourth-order valence-electron chi connectivity index (χ4n) is 3.15. The van der Waals surface area contributed by atoms with E-state index in [4.69, 9.17) is 10.5 Å². The van der Waals surface area contributed by atoms with E-state index in [-0.39, 0.29) is 5.54 Å². The summed E-state index contributed by atoms with van der Waals surface area (Å²) in [6.07, 6.45) is 8.48. The zero-order valence-corrected chi connectivity index (χ0v) is 10.6. The molecule has 2 heteroatoms. The summed E-state index contributed by atoms with van der Waals surface area (Å²) in [5.41, 5.74) is 10.6. The van der Waals surface area contributed by atoms with Gasteiger partial charge in [-0.05, 0) is 68.2 Å². The molecule has 2 aliphatic carbocycles. The third-order valence-corrected chi connectivity index (χ3v) is 4.45. The summed E-state index contributed by atoms with van der Waals surface area (Å²) in [6.45, 7) is 0. The average Bonchev–Trinajstić information content (AvgIpc) is 2.34. The molecule has 3 rings (SSSR count). The molecule has 2 nitrogen and oxygen atoms in total. The summed E-state index contributed by atoms with van der Waals surface area (Å²) >= 11 is 0. The van der Waals surface area contributed by atoms with E-state index >= 15 is 0 Å². The van der Waals surface area contributed by atoms with E-state index in [1.165, 1.54) is 48.8 Å². The van der Waals surface area contributed by atoms with Crippen molar-refractivity contribution in [1.29, 1.82) is 0 Å². The molecule has 0 spiro atoms. The Morgan fingerprint density at radius 1 is 1.06 bits per heavy atom.